The predicted molar refractivity (Wildman–Crippen MR) is 86.4 cm³/mol. The Morgan fingerprint density at radius 1 is 1.00 bits per heavy atom. The molecule has 1 aromatic rings. The summed E-state index contributed by atoms with van der Waals surface area (Å²) in [7, 11) is 0. The van der Waals surface area contributed by atoms with Gasteiger partial charge in [-0.1, -0.05) is 19.9 Å². The molecule has 1 nitrogen and oxygen atoms in total. The quantitative estimate of drug-likeness (QED) is 0.666. The van der Waals surface area contributed by atoms with Crippen molar-refractivity contribution in [1.82, 2.24) is 0 Å². The van der Waals surface area contributed by atoms with E-state index in [2.05, 4.69) is 68.4 Å². The highest BCUT2D eigenvalue weighted by atomic mass is 16.5. The van der Waals surface area contributed by atoms with Crippen LogP contribution in [0.1, 0.15) is 75.3 Å². The second kappa shape index (κ2) is 4.59. The molecule has 0 saturated carbocycles. The average Bonchev–Trinajstić information content (AvgIpc) is 2.21. The molecule has 20 heavy (non-hydrogen) atoms. The van der Waals surface area contributed by atoms with Crippen molar-refractivity contribution in [3.8, 4) is 0 Å². The van der Waals surface area contributed by atoms with Crippen LogP contribution in [0.2, 0.25) is 0 Å². The fourth-order valence-electron chi connectivity index (χ4n) is 4.54. The Labute approximate surface area is 124 Å². The van der Waals surface area contributed by atoms with Crippen LogP contribution in [-0.2, 0) is 10.3 Å². The van der Waals surface area contributed by atoms with Crippen molar-refractivity contribution < 1.29 is 4.74 Å². The second-order valence-corrected chi connectivity index (χ2v) is 7.86. The summed E-state index contributed by atoms with van der Waals surface area (Å²) in [6.45, 7) is 20.3. The lowest BCUT2D eigenvalue weighted by molar-refractivity contribution is -0.159. The van der Waals surface area contributed by atoms with Gasteiger partial charge in [0.05, 0.1) is 11.2 Å². The molecule has 1 aliphatic rings. The lowest BCUT2D eigenvalue weighted by Gasteiger charge is -2.51. The molecular weight excluding hydrogens is 244 g/mol. The second-order valence-electron chi connectivity index (χ2n) is 7.86. The first-order valence-electron chi connectivity index (χ1n) is 7.80. The van der Waals surface area contributed by atoms with Gasteiger partial charge >= 0.3 is 0 Å². The van der Waals surface area contributed by atoms with E-state index in [1.807, 2.05) is 0 Å². The van der Waals surface area contributed by atoms with E-state index in [0.29, 0.717) is 11.8 Å². The van der Waals surface area contributed by atoms with Crippen LogP contribution in [0.3, 0.4) is 0 Å². The van der Waals surface area contributed by atoms with E-state index in [1.54, 1.807) is 0 Å². The van der Waals surface area contributed by atoms with Crippen molar-refractivity contribution >= 4 is 0 Å². The first-order valence-corrected chi connectivity index (χ1v) is 7.80. The van der Waals surface area contributed by atoms with E-state index in [9.17, 15) is 0 Å². The molecular formula is C19H30O. The van der Waals surface area contributed by atoms with Crippen LogP contribution in [-0.4, -0.2) is 5.60 Å². The molecule has 0 spiro atoms. The molecule has 0 amide bonds. The van der Waals surface area contributed by atoms with Gasteiger partial charge < -0.3 is 4.74 Å². The van der Waals surface area contributed by atoms with Gasteiger partial charge in [-0.25, -0.2) is 0 Å². The van der Waals surface area contributed by atoms with Gasteiger partial charge in [0.15, 0.2) is 0 Å². The Morgan fingerprint density at radius 2 is 1.55 bits per heavy atom. The molecule has 1 unspecified atom stereocenters. The highest BCUT2D eigenvalue weighted by Crippen LogP contribution is 2.52. The molecule has 0 saturated heterocycles. The predicted octanol–water partition coefficient (Wildman–Crippen LogP) is 5.40. The normalized spacial score (nSPS) is 23.8. The van der Waals surface area contributed by atoms with Gasteiger partial charge in [0.1, 0.15) is 0 Å². The van der Waals surface area contributed by atoms with Crippen LogP contribution in [0.4, 0.5) is 0 Å². The van der Waals surface area contributed by atoms with E-state index in [4.69, 9.17) is 4.74 Å². The third-order valence-corrected chi connectivity index (χ3v) is 4.94. The summed E-state index contributed by atoms with van der Waals surface area (Å²) in [5, 5.41) is 0. The van der Waals surface area contributed by atoms with Crippen LogP contribution < -0.4 is 0 Å². The molecule has 0 N–H and O–H groups in total. The maximum Gasteiger partial charge on any atom is 0.0888 e. The van der Waals surface area contributed by atoms with Crippen LogP contribution >= 0.6 is 0 Å². The molecule has 1 heteroatoms. The van der Waals surface area contributed by atoms with Crippen LogP contribution in [0.25, 0.3) is 0 Å². The Balaban J connectivity index is 2.85. The number of aryl methyl sites for hydroxylation is 2. The highest BCUT2D eigenvalue weighted by Gasteiger charge is 2.47. The van der Waals surface area contributed by atoms with Gasteiger partial charge in [0.2, 0.25) is 0 Å². The molecule has 2 rings (SSSR count). The Morgan fingerprint density at radius 3 is 2.05 bits per heavy atom. The molecule has 1 aliphatic heterocycles. The molecule has 0 fully saturated rings. The standard InChI is InChI=1S/C19H30O/c1-11(2)16-15-13(4)10-12(3)14(5)17(15)19(8,9)20-18(16,6)7/h10-11,16H,1-9H3. The summed E-state index contributed by atoms with van der Waals surface area (Å²) in [4.78, 5) is 0. The van der Waals surface area contributed by atoms with Crippen molar-refractivity contribution in [2.45, 2.75) is 79.4 Å². The molecule has 1 aromatic carbocycles. The number of hydrogen-bond acceptors (Lipinski definition) is 1. The van der Waals surface area contributed by atoms with E-state index >= 15 is 0 Å². The van der Waals surface area contributed by atoms with Gasteiger partial charge in [-0.05, 0) is 82.2 Å². The third kappa shape index (κ3) is 2.20. The highest BCUT2D eigenvalue weighted by molar-refractivity contribution is 5.51. The summed E-state index contributed by atoms with van der Waals surface area (Å²) in [6, 6.07) is 2.35. The van der Waals surface area contributed by atoms with Crippen molar-refractivity contribution in [2.24, 2.45) is 5.92 Å². The monoisotopic (exact) mass is 274 g/mol. The van der Waals surface area contributed by atoms with Crippen molar-refractivity contribution in [3.05, 3.63) is 33.9 Å². The van der Waals surface area contributed by atoms with Crippen molar-refractivity contribution in [3.63, 3.8) is 0 Å². The smallest absolute Gasteiger partial charge is 0.0888 e. The Kier molecular flexibility index (Phi) is 3.57. The minimum atomic E-state index is -0.217. The van der Waals surface area contributed by atoms with E-state index in [0.717, 1.165) is 0 Å². The van der Waals surface area contributed by atoms with Gasteiger partial charge in [-0.15, -0.1) is 0 Å². The zero-order valence-electron chi connectivity index (χ0n) is 14.6. The van der Waals surface area contributed by atoms with Crippen LogP contribution in [0.5, 0.6) is 0 Å². The summed E-state index contributed by atoms with van der Waals surface area (Å²) in [5.41, 5.74) is 6.81. The van der Waals surface area contributed by atoms with Gasteiger partial charge in [-0.2, -0.15) is 0 Å². The average molecular weight is 274 g/mol. The molecule has 0 aliphatic carbocycles. The van der Waals surface area contributed by atoms with Crippen molar-refractivity contribution in [2.75, 3.05) is 0 Å². The van der Waals surface area contributed by atoms with Crippen LogP contribution in [0, 0.1) is 26.7 Å². The van der Waals surface area contributed by atoms with E-state index in [-0.39, 0.29) is 11.2 Å². The number of ether oxygens (including phenoxy) is 1. The molecule has 0 aromatic heterocycles. The first kappa shape index (κ1) is 15.6. The number of hydrogen-bond donors (Lipinski definition) is 0. The summed E-state index contributed by atoms with van der Waals surface area (Å²) >= 11 is 0. The fraction of sp³-hybridized carbons (Fsp3) is 0.684. The molecule has 112 valence electrons. The van der Waals surface area contributed by atoms with Crippen LogP contribution in [0.15, 0.2) is 6.07 Å². The lowest BCUT2D eigenvalue weighted by atomic mass is 9.67. The third-order valence-electron chi connectivity index (χ3n) is 4.94. The minimum Gasteiger partial charge on any atom is -0.364 e. The number of fused-ring (bicyclic) bond motifs is 1. The van der Waals surface area contributed by atoms with Gasteiger partial charge in [-0.3, -0.25) is 0 Å². The largest absolute Gasteiger partial charge is 0.364 e. The lowest BCUT2D eigenvalue weighted by Crippen LogP contribution is -2.48. The summed E-state index contributed by atoms with van der Waals surface area (Å²) in [6.07, 6.45) is 0. The summed E-state index contributed by atoms with van der Waals surface area (Å²) < 4.78 is 6.55. The fourth-order valence-corrected chi connectivity index (χ4v) is 4.54. The zero-order valence-corrected chi connectivity index (χ0v) is 14.6. The molecule has 1 atom stereocenters. The summed E-state index contributed by atoms with van der Waals surface area (Å²) in [5.74, 6) is 1.02. The molecule has 0 radical (unpaired) electrons. The number of rotatable bonds is 1. The zero-order chi connectivity index (χ0) is 15.5. The maximum atomic E-state index is 6.55. The number of benzene rings is 1. The Bertz CT molecular complexity index is 535. The minimum absolute atomic E-state index is 0.128. The van der Waals surface area contributed by atoms with Gasteiger partial charge in [0.25, 0.3) is 0 Å². The van der Waals surface area contributed by atoms with Gasteiger partial charge in [0, 0.05) is 5.92 Å². The van der Waals surface area contributed by atoms with E-state index in [1.165, 1.54) is 27.8 Å². The van der Waals surface area contributed by atoms with Crippen molar-refractivity contribution in [1.29, 1.82) is 0 Å². The Hall–Kier alpha value is -0.820. The first-order chi connectivity index (χ1) is 8.99. The molecule has 1 heterocycles. The molecule has 0 bridgehead atoms. The topological polar surface area (TPSA) is 9.23 Å². The maximum absolute atomic E-state index is 6.55. The van der Waals surface area contributed by atoms with E-state index < -0.39 is 0 Å². The SMILES string of the molecule is Cc1cc(C)c2c(c1C)C(C)(C)OC(C)(C)C2C(C)C.